The minimum absolute atomic E-state index is 0.00613. The zero-order valence-corrected chi connectivity index (χ0v) is 38.4. The Morgan fingerprint density at radius 2 is 1.35 bits per heavy atom. The molecular weight excluding hydrogens is 1030 g/mol. The lowest BCUT2D eigenvalue weighted by atomic mass is 9.91. The fourth-order valence-corrected chi connectivity index (χ4v) is 8.61. The number of carbonyl (C=O) groups excluding carboxylic acids is 2. The maximum absolute atomic E-state index is 13.9. The Bertz CT molecular complexity index is 2570. The van der Waals surface area contributed by atoms with Crippen LogP contribution in [-0.2, 0) is 4.74 Å². The molecule has 5 aromatic rings. The maximum Gasteiger partial charge on any atom is 0.407 e. The molecule has 62 heavy (non-hydrogen) atoms. The van der Waals surface area contributed by atoms with Gasteiger partial charge < -0.3 is 31.1 Å². The van der Waals surface area contributed by atoms with Crippen LogP contribution in [0.3, 0.4) is 0 Å². The summed E-state index contributed by atoms with van der Waals surface area (Å²) in [5, 5.41) is 20.3. The largest absolute Gasteiger partial charge is 0.465 e. The lowest BCUT2D eigenvalue weighted by Crippen LogP contribution is -2.45. The van der Waals surface area contributed by atoms with Gasteiger partial charge in [0, 0.05) is 37.0 Å². The minimum Gasteiger partial charge on any atom is -0.465 e. The van der Waals surface area contributed by atoms with Crippen molar-refractivity contribution in [2.75, 3.05) is 5.32 Å². The van der Waals surface area contributed by atoms with E-state index in [9.17, 15) is 32.8 Å². The predicted octanol–water partition coefficient (Wildman–Crippen LogP) is 8.18. The van der Waals surface area contributed by atoms with Crippen LogP contribution in [0.25, 0.3) is 16.7 Å². The average molecular weight is 1080 g/mol. The molecule has 3 aromatic heterocycles. The molecule has 0 atom stereocenters. The zero-order valence-electron chi connectivity index (χ0n) is 34.1. The highest BCUT2D eigenvalue weighted by Gasteiger charge is 2.29. The molecule has 2 aliphatic carbocycles. The number of amides is 3. The van der Waals surface area contributed by atoms with Crippen molar-refractivity contribution in [3.63, 3.8) is 0 Å². The first-order chi connectivity index (χ1) is 29.4. The number of benzene rings is 2. The van der Waals surface area contributed by atoms with Crippen molar-refractivity contribution in [2.45, 2.75) is 102 Å². The molecule has 2 fully saturated rings. The summed E-state index contributed by atoms with van der Waals surface area (Å²) < 4.78 is 37.5. The SMILES string of the molecule is CC(C)(C)OC(=O)NC1CCC(NC(=O)c2cc(F)cnc2Nc2cccc(I)c2)CC1.O=C(O)NC1CCC(n2c(=O)c3cc(F)cnc3n(-c3cccc(I)c3)c2=O)CC1. The van der Waals surface area contributed by atoms with Crippen LogP contribution >= 0.6 is 45.2 Å². The number of carboxylic acid groups (broad SMARTS) is 1. The zero-order chi connectivity index (χ0) is 44.7. The molecule has 0 unspecified atom stereocenters. The summed E-state index contributed by atoms with van der Waals surface area (Å²) in [6.07, 6.45) is 5.32. The van der Waals surface area contributed by atoms with E-state index in [4.69, 9.17) is 9.84 Å². The molecule has 2 aliphatic rings. The number of halogens is 4. The molecule has 0 bridgehead atoms. The molecule has 7 rings (SSSR count). The Balaban J connectivity index is 0.000000207. The van der Waals surface area contributed by atoms with Crippen molar-refractivity contribution >= 4 is 85.8 Å². The van der Waals surface area contributed by atoms with Crippen LogP contribution in [0.2, 0.25) is 0 Å². The maximum atomic E-state index is 13.9. The first-order valence-electron chi connectivity index (χ1n) is 20.0. The monoisotopic (exact) mass is 1080 g/mol. The highest BCUT2D eigenvalue weighted by molar-refractivity contribution is 14.1. The summed E-state index contributed by atoms with van der Waals surface area (Å²) >= 11 is 4.32. The quantitative estimate of drug-likeness (QED) is 0.0945. The molecule has 19 heteroatoms. The summed E-state index contributed by atoms with van der Waals surface area (Å²) in [7, 11) is 0. The van der Waals surface area contributed by atoms with E-state index in [1.165, 1.54) is 15.2 Å². The summed E-state index contributed by atoms with van der Waals surface area (Å²) in [6, 6.07) is 16.4. The number of hydrogen-bond acceptors (Lipinski definition) is 9. The second-order valence-electron chi connectivity index (χ2n) is 16.1. The molecule has 3 heterocycles. The Labute approximate surface area is 382 Å². The van der Waals surface area contributed by atoms with Crippen LogP contribution in [-0.4, -0.2) is 66.0 Å². The first kappa shape index (κ1) is 46.3. The molecule has 5 N–H and O–H groups in total. The number of nitrogens with one attached hydrogen (secondary N) is 4. The van der Waals surface area contributed by atoms with E-state index in [1.807, 2.05) is 51.1 Å². The predicted molar refractivity (Wildman–Crippen MR) is 246 cm³/mol. The Hall–Kier alpha value is -5.19. The Kier molecular flexibility index (Phi) is 15.2. The highest BCUT2D eigenvalue weighted by Crippen LogP contribution is 2.28. The number of fused-ring (bicyclic) bond motifs is 1. The van der Waals surface area contributed by atoms with Gasteiger partial charge in [-0.05, 0) is 166 Å². The van der Waals surface area contributed by atoms with Crippen molar-refractivity contribution in [1.29, 1.82) is 0 Å². The molecule has 2 aromatic carbocycles. The van der Waals surface area contributed by atoms with Gasteiger partial charge in [0.1, 0.15) is 23.1 Å². The molecule has 0 aliphatic heterocycles. The second-order valence-corrected chi connectivity index (χ2v) is 18.6. The second kappa shape index (κ2) is 20.3. The van der Waals surface area contributed by atoms with Crippen molar-refractivity contribution in [3.05, 3.63) is 118 Å². The highest BCUT2D eigenvalue weighted by atomic mass is 127. The summed E-state index contributed by atoms with van der Waals surface area (Å²) in [5.74, 6) is -1.32. The number of anilines is 2. The molecule has 3 amide bonds. The smallest absolute Gasteiger partial charge is 0.407 e. The molecule has 0 saturated heterocycles. The summed E-state index contributed by atoms with van der Waals surface area (Å²) in [4.78, 5) is 70.4. The van der Waals surface area contributed by atoms with E-state index in [1.54, 1.807) is 18.2 Å². The fourth-order valence-electron chi connectivity index (χ4n) is 7.54. The summed E-state index contributed by atoms with van der Waals surface area (Å²) in [6.45, 7) is 5.46. The lowest BCUT2D eigenvalue weighted by molar-refractivity contribution is 0.0487. The van der Waals surface area contributed by atoms with Crippen LogP contribution in [0, 0.1) is 18.8 Å². The molecular formula is C43H46F2I2N8O7. The van der Waals surface area contributed by atoms with Crippen LogP contribution in [0.1, 0.15) is 88.5 Å². The fraction of sp³-hybridized carbons (Fsp3) is 0.372. The van der Waals surface area contributed by atoms with E-state index in [2.05, 4.69) is 76.4 Å². The van der Waals surface area contributed by atoms with Gasteiger partial charge in [-0.3, -0.25) is 14.2 Å². The van der Waals surface area contributed by atoms with E-state index >= 15 is 0 Å². The third kappa shape index (κ3) is 12.3. The molecule has 328 valence electrons. The van der Waals surface area contributed by atoms with Gasteiger partial charge in [0.25, 0.3) is 11.5 Å². The van der Waals surface area contributed by atoms with Gasteiger partial charge in [0.05, 0.1) is 29.0 Å². The van der Waals surface area contributed by atoms with Crippen LogP contribution in [0.4, 0.5) is 29.9 Å². The van der Waals surface area contributed by atoms with Crippen molar-refractivity contribution < 1.29 is 33.0 Å². The Morgan fingerprint density at radius 3 is 1.98 bits per heavy atom. The van der Waals surface area contributed by atoms with Crippen LogP contribution in [0.5, 0.6) is 0 Å². The number of pyridine rings is 2. The normalized spacial score (nSPS) is 18.8. The van der Waals surface area contributed by atoms with E-state index < -0.39 is 46.7 Å². The van der Waals surface area contributed by atoms with Crippen molar-refractivity contribution in [2.24, 2.45) is 0 Å². The third-order valence-electron chi connectivity index (χ3n) is 10.3. The van der Waals surface area contributed by atoms with Gasteiger partial charge in [-0.25, -0.2) is 37.7 Å². The molecule has 0 spiro atoms. The van der Waals surface area contributed by atoms with Gasteiger partial charge in [0.2, 0.25) is 0 Å². The Morgan fingerprint density at radius 1 is 0.774 bits per heavy atom. The molecule has 2 saturated carbocycles. The average Bonchev–Trinajstić information content (AvgIpc) is 3.20. The van der Waals surface area contributed by atoms with E-state index in [-0.39, 0.29) is 40.6 Å². The van der Waals surface area contributed by atoms with Gasteiger partial charge >= 0.3 is 17.9 Å². The molecule has 15 nitrogen and oxygen atoms in total. The van der Waals surface area contributed by atoms with Gasteiger partial charge in [-0.1, -0.05) is 12.1 Å². The number of aromatic nitrogens is 4. The molecule has 0 radical (unpaired) electrons. The van der Waals surface area contributed by atoms with Crippen LogP contribution < -0.4 is 32.5 Å². The number of nitrogens with zero attached hydrogens (tertiary/aromatic N) is 4. The number of carbonyl (C=O) groups is 3. The van der Waals surface area contributed by atoms with E-state index in [0.717, 1.165) is 44.1 Å². The van der Waals surface area contributed by atoms with Gasteiger partial charge in [0.15, 0.2) is 5.65 Å². The number of ether oxygens (including phenoxy) is 1. The lowest BCUT2D eigenvalue weighted by Gasteiger charge is -2.30. The number of hydrogen-bond donors (Lipinski definition) is 5. The summed E-state index contributed by atoms with van der Waals surface area (Å²) in [5.41, 5.74) is -0.117. The van der Waals surface area contributed by atoms with Gasteiger partial charge in [-0.2, -0.15) is 0 Å². The topological polar surface area (TPSA) is 199 Å². The minimum atomic E-state index is -1.09. The van der Waals surface area contributed by atoms with Crippen molar-refractivity contribution in [1.82, 2.24) is 35.1 Å². The standard InChI is InChI=1S/C23H28FIN4O3.C20H18FIN4O4/c1-23(2,3)32-22(31)29-17-9-7-16(8-10-17)28-21(30)19-11-14(24)13-26-20(19)27-18-6-4-5-15(25)12-18;21-11-8-16-17(23-10-11)25(15-3-1-2-12(22)9-15)20(30)26(18(16)27)14-6-4-13(5-7-14)24-19(28)29/h4-6,11-13,16-17H,7-10H2,1-3H3,(H,26,27)(H,28,30)(H,29,31);1-3,8-10,13-14,24H,4-7H2,(H,28,29). The number of alkyl carbamates (subject to hydrolysis) is 1. The number of rotatable bonds is 8. The van der Waals surface area contributed by atoms with Crippen molar-refractivity contribution in [3.8, 4) is 5.69 Å². The first-order valence-corrected chi connectivity index (χ1v) is 22.2. The third-order valence-corrected chi connectivity index (χ3v) is 11.7. The van der Waals surface area contributed by atoms with Gasteiger partial charge in [-0.15, -0.1) is 0 Å². The van der Waals surface area contributed by atoms with E-state index in [0.29, 0.717) is 50.0 Å². The van der Waals surface area contributed by atoms with Crippen LogP contribution in [0.15, 0.2) is 82.6 Å².